The van der Waals surface area contributed by atoms with Crippen LogP contribution >= 0.6 is 27.5 Å². The number of hydrogen-bond donors (Lipinski definition) is 0. The maximum Gasteiger partial charge on any atom is 0.232 e. The van der Waals surface area contributed by atoms with Crippen LogP contribution in [0.3, 0.4) is 0 Å². The molecule has 3 nitrogen and oxygen atoms in total. The molecular weight excluding hydrogens is 290 g/mol. The van der Waals surface area contributed by atoms with E-state index in [1.807, 2.05) is 0 Å². The summed E-state index contributed by atoms with van der Waals surface area (Å²) in [6, 6.07) is 5.05. The molecule has 0 aliphatic heterocycles. The molecule has 14 heavy (non-hydrogen) atoms. The van der Waals surface area contributed by atoms with Crippen molar-refractivity contribution in [1.82, 2.24) is 0 Å². The number of hydrogen-bond acceptors (Lipinski definition) is 2. The van der Waals surface area contributed by atoms with Crippen LogP contribution in [0, 0.1) is 0 Å². The van der Waals surface area contributed by atoms with E-state index in [0.717, 1.165) is 15.0 Å². The van der Waals surface area contributed by atoms with Crippen LogP contribution < -0.4 is 4.31 Å². The highest BCUT2D eigenvalue weighted by Gasteiger charge is 2.14. The van der Waals surface area contributed by atoms with Crippen LogP contribution in [0.4, 0.5) is 5.69 Å². The summed E-state index contributed by atoms with van der Waals surface area (Å²) in [7, 11) is -1.81. The molecule has 0 aliphatic carbocycles. The standard InChI is InChI=1S/C8H9BrClNO2S/c1-11(14(2,12)13)8-5-6(9)3-4-7(8)10/h3-5H,1-2H3. The lowest BCUT2D eigenvalue weighted by molar-refractivity contribution is 0.600. The number of rotatable bonds is 2. The van der Waals surface area contributed by atoms with Crippen molar-refractivity contribution in [3.8, 4) is 0 Å². The minimum atomic E-state index is -3.27. The second kappa shape index (κ2) is 4.08. The molecule has 0 aliphatic rings. The zero-order chi connectivity index (χ0) is 10.9. The summed E-state index contributed by atoms with van der Waals surface area (Å²) in [5.74, 6) is 0. The average molecular weight is 299 g/mol. The molecule has 0 unspecified atom stereocenters. The first-order valence-corrected chi connectivity index (χ1v) is 6.73. The van der Waals surface area contributed by atoms with Crippen molar-refractivity contribution in [2.24, 2.45) is 0 Å². The molecule has 0 amide bonds. The third-order valence-corrected chi connectivity index (χ3v) is 3.75. The van der Waals surface area contributed by atoms with Gasteiger partial charge in [0.25, 0.3) is 0 Å². The van der Waals surface area contributed by atoms with Crippen LogP contribution in [0.5, 0.6) is 0 Å². The van der Waals surface area contributed by atoms with E-state index >= 15 is 0 Å². The molecule has 0 fully saturated rings. The first-order chi connectivity index (χ1) is 6.32. The molecule has 1 aromatic carbocycles. The Bertz CT molecular complexity index is 447. The molecule has 0 aromatic heterocycles. The van der Waals surface area contributed by atoms with Gasteiger partial charge in [0, 0.05) is 11.5 Å². The van der Waals surface area contributed by atoms with Crippen LogP contribution in [0.1, 0.15) is 0 Å². The van der Waals surface area contributed by atoms with Crippen LogP contribution in [0.15, 0.2) is 22.7 Å². The van der Waals surface area contributed by atoms with Crippen LogP contribution in [-0.4, -0.2) is 21.7 Å². The van der Waals surface area contributed by atoms with Gasteiger partial charge in [-0.2, -0.15) is 0 Å². The number of anilines is 1. The Morgan fingerprint density at radius 2 is 2.00 bits per heavy atom. The second-order valence-electron chi connectivity index (χ2n) is 2.83. The predicted molar refractivity (Wildman–Crippen MR) is 62.4 cm³/mol. The summed E-state index contributed by atoms with van der Waals surface area (Å²) in [6.45, 7) is 0. The molecule has 0 heterocycles. The molecule has 0 saturated carbocycles. The normalized spacial score (nSPS) is 11.4. The maximum atomic E-state index is 11.2. The molecule has 0 bridgehead atoms. The van der Waals surface area contributed by atoms with Crippen molar-refractivity contribution >= 4 is 43.2 Å². The van der Waals surface area contributed by atoms with E-state index in [9.17, 15) is 8.42 Å². The van der Waals surface area contributed by atoms with Gasteiger partial charge >= 0.3 is 0 Å². The van der Waals surface area contributed by atoms with Gasteiger partial charge in [-0.15, -0.1) is 0 Å². The smallest absolute Gasteiger partial charge is 0.232 e. The van der Waals surface area contributed by atoms with Crippen molar-refractivity contribution in [1.29, 1.82) is 0 Å². The maximum absolute atomic E-state index is 11.2. The van der Waals surface area contributed by atoms with Crippen molar-refractivity contribution in [2.45, 2.75) is 0 Å². The van der Waals surface area contributed by atoms with Gasteiger partial charge in [0.05, 0.1) is 17.0 Å². The third-order valence-electron chi connectivity index (χ3n) is 1.74. The van der Waals surface area contributed by atoms with Crippen molar-refractivity contribution in [3.05, 3.63) is 27.7 Å². The summed E-state index contributed by atoms with van der Waals surface area (Å²) < 4.78 is 24.4. The second-order valence-corrected chi connectivity index (χ2v) is 6.16. The lowest BCUT2D eigenvalue weighted by Gasteiger charge is -2.18. The Balaban J connectivity index is 3.26. The number of halogens is 2. The SMILES string of the molecule is CN(c1cc(Br)ccc1Cl)S(C)(=O)=O. The van der Waals surface area contributed by atoms with Crippen LogP contribution in [0.25, 0.3) is 0 Å². The van der Waals surface area contributed by atoms with Gasteiger partial charge in [-0.05, 0) is 18.2 Å². The molecule has 0 atom stereocenters. The average Bonchev–Trinajstić information content (AvgIpc) is 2.06. The fraction of sp³-hybridized carbons (Fsp3) is 0.250. The molecule has 78 valence electrons. The van der Waals surface area contributed by atoms with Crippen molar-refractivity contribution in [3.63, 3.8) is 0 Å². The number of benzene rings is 1. The number of nitrogens with zero attached hydrogens (tertiary/aromatic N) is 1. The summed E-state index contributed by atoms with van der Waals surface area (Å²) in [5.41, 5.74) is 0.462. The largest absolute Gasteiger partial charge is 0.272 e. The summed E-state index contributed by atoms with van der Waals surface area (Å²) in [6.07, 6.45) is 1.13. The molecule has 1 rings (SSSR count). The van der Waals surface area contributed by atoms with E-state index in [4.69, 9.17) is 11.6 Å². The van der Waals surface area contributed by atoms with E-state index < -0.39 is 10.0 Å². The van der Waals surface area contributed by atoms with E-state index in [0.29, 0.717) is 10.7 Å². The Morgan fingerprint density at radius 3 is 2.50 bits per heavy atom. The summed E-state index contributed by atoms with van der Waals surface area (Å²) >= 11 is 9.12. The fourth-order valence-corrected chi connectivity index (χ4v) is 2.06. The molecule has 0 spiro atoms. The van der Waals surface area contributed by atoms with Gasteiger partial charge in [0.1, 0.15) is 0 Å². The quantitative estimate of drug-likeness (QED) is 0.841. The van der Waals surface area contributed by atoms with Crippen LogP contribution in [-0.2, 0) is 10.0 Å². The summed E-state index contributed by atoms with van der Waals surface area (Å²) in [4.78, 5) is 0. The van der Waals surface area contributed by atoms with E-state index in [1.165, 1.54) is 7.05 Å². The van der Waals surface area contributed by atoms with Gasteiger partial charge in [-0.25, -0.2) is 8.42 Å². The third kappa shape index (κ3) is 2.62. The molecule has 0 saturated heterocycles. The highest BCUT2D eigenvalue weighted by molar-refractivity contribution is 9.10. The topological polar surface area (TPSA) is 37.4 Å². The zero-order valence-electron chi connectivity index (χ0n) is 7.66. The fourth-order valence-electron chi connectivity index (χ4n) is 0.906. The summed E-state index contributed by atoms with van der Waals surface area (Å²) in [5, 5.41) is 0.404. The lowest BCUT2D eigenvalue weighted by atomic mass is 10.3. The molecule has 0 radical (unpaired) electrons. The van der Waals surface area contributed by atoms with E-state index in [2.05, 4.69) is 15.9 Å². The first kappa shape index (κ1) is 11.8. The van der Waals surface area contributed by atoms with Crippen LogP contribution in [0.2, 0.25) is 5.02 Å². The number of sulfonamides is 1. The minimum Gasteiger partial charge on any atom is -0.272 e. The van der Waals surface area contributed by atoms with Gasteiger partial charge in [-0.1, -0.05) is 27.5 Å². The highest BCUT2D eigenvalue weighted by atomic mass is 79.9. The highest BCUT2D eigenvalue weighted by Crippen LogP contribution is 2.29. The zero-order valence-corrected chi connectivity index (χ0v) is 10.8. The first-order valence-electron chi connectivity index (χ1n) is 3.71. The molecule has 6 heteroatoms. The van der Waals surface area contributed by atoms with Gasteiger partial charge < -0.3 is 0 Å². The lowest BCUT2D eigenvalue weighted by Crippen LogP contribution is -2.25. The van der Waals surface area contributed by atoms with E-state index in [-0.39, 0.29) is 0 Å². The Morgan fingerprint density at radius 1 is 1.43 bits per heavy atom. The monoisotopic (exact) mass is 297 g/mol. The van der Waals surface area contributed by atoms with Gasteiger partial charge in [-0.3, -0.25) is 4.31 Å². The molecule has 1 aromatic rings. The molecule has 0 N–H and O–H groups in total. The minimum absolute atomic E-state index is 0.404. The van der Waals surface area contributed by atoms with Gasteiger partial charge in [0.2, 0.25) is 10.0 Å². The predicted octanol–water partition coefficient (Wildman–Crippen LogP) is 2.50. The Kier molecular flexibility index (Phi) is 3.44. The van der Waals surface area contributed by atoms with Gasteiger partial charge in [0.15, 0.2) is 0 Å². The van der Waals surface area contributed by atoms with Crippen molar-refractivity contribution in [2.75, 3.05) is 17.6 Å². The Hall–Kier alpha value is -0.260. The van der Waals surface area contributed by atoms with E-state index in [1.54, 1.807) is 18.2 Å². The Labute approximate surface area is 96.9 Å². The van der Waals surface area contributed by atoms with Crippen molar-refractivity contribution < 1.29 is 8.42 Å². The molecular formula is C8H9BrClNO2S.